The molecule has 0 fully saturated rings. The van der Waals surface area contributed by atoms with E-state index in [9.17, 15) is 14.4 Å². The van der Waals surface area contributed by atoms with Gasteiger partial charge in [-0.05, 0) is 49.2 Å². The molecule has 0 aromatic heterocycles. The fraction of sp³-hybridized carbons (Fsp3) is 0.292. The van der Waals surface area contributed by atoms with E-state index < -0.39 is 18.0 Å². The van der Waals surface area contributed by atoms with Crippen molar-refractivity contribution in [3.8, 4) is 0 Å². The second-order valence-corrected chi connectivity index (χ2v) is 8.03. The van der Waals surface area contributed by atoms with Crippen molar-refractivity contribution < 1.29 is 19.1 Å². The van der Waals surface area contributed by atoms with Crippen molar-refractivity contribution in [1.82, 2.24) is 10.2 Å². The van der Waals surface area contributed by atoms with Gasteiger partial charge in [0.25, 0.3) is 0 Å². The summed E-state index contributed by atoms with van der Waals surface area (Å²) < 4.78 is 5.01. The molecule has 1 unspecified atom stereocenters. The summed E-state index contributed by atoms with van der Waals surface area (Å²) in [5, 5.41) is 8.88. The Hall–Kier alpha value is -3.52. The van der Waals surface area contributed by atoms with Crippen molar-refractivity contribution in [2.45, 2.75) is 32.7 Å². The third kappa shape index (κ3) is 5.84. The highest BCUT2D eigenvalue weighted by atomic mass is 35.5. The molecule has 174 valence electrons. The molecule has 0 saturated carbocycles. The van der Waals surface area contributed by atoms with Crippen molar-refractivity contribution in [2.75, 3.05) is 24.3 Å². The van der Waals surface area contributed by atoms with E-state index in [2.05, 4.69) is 16.0 Å². The predicted octanol–water partition coefficient (Wildman–Crippen LogP) is 5.30. The lowest BCUT2D eigenvalue weighted by Gasteiger charge is -2.35. The molecule has 8 nitrogen and oxygen atoms in total. The Kier molecular flexibility index (Phi) is 7.95. The van der Waals surface area contributed by atoms with Gasteiger partial charge in [0.2, 0.25) is 0 Å². The first-order chi connectivity index (χ1) is 15.8. The monoisotopic (exact) mass is 470 g/mol. The molecular formula is C24H27ClN4O4. The number of unbranched alkanes of at least 4 members (excludes halogenated alkanes) is 1. The quantitative estimate of drug-likeness (QED) is 0.478. The number of benzene rings is 2. The molecule has 9 heteroatoms. The lowest BCUT2D eigenvalue weighted by atomic mass is 9.94. The minimum Gasteiger partial charge on any atom is -0.466 e. The van der Waals surface area contributed by atoms with Gasteiger partial charge in [-0.2, -0.15) is 0 Å². The molecule has 0 spiro atoms. The number of nitrogens with one attached hydrogen (secondary N) is 3. The molecule has 0 bridgehead atoms. The second-order valence-electron chi connectivity index (χ2n) is 7.59. The molecule has 4 amide bonds. The van der Waals surface area contributed by atoms with Crippen molar-refractivity contribution >= 4 is 41.0 Å². The fourth-order valence-electron chi connectivity index (χ4n) is 3.65. The van der Waals surface area contributed by atoms with Gasteiger partial charge >= 0.3 is 18.0 Å². The maximum absolute atomic E-state index is 12.8. The van der Waals surface area contributed by atoms with Crippen LogP contribution in [0.4, 0.5) is 21.0 Å². The van der Waals surface area contributed by atoms with Gasteiger partial charge in [-0.1, -0.05) is 43.1 Å². The van der Waals surface area contributed by atoms with Crippen LogP contribution in [0.2, 0.25) is 5.02 Å². The van der Waals surface area contributed by atoms with E-state index in [1.54, 1.807) is 60.4 Å². The Morgan fingerprint density at radius 2 is 1.79 bits per heavy atom. The van der Waals surface area contributed by atoms with E-state index in [-0.39, 0.29) is 6.03 Å². The number of halogens is 1. The second kappa shape index (κ2) is 10.9. The zero-order chi connectivity index (χ0) is 24.0. The Morgan fingerprint density at radius 3 is 2.42 bits per heavy atom. The number of urea groups is 2. The molecular weight excluding hydrogens is 444 g/mol. The predicted molar refractivity (Wildman–Crippen MR) is 128 cm³/mol. The van der Waals surface area contributed by atoms with Crippen LogP contribution in [-0.2, 0) is 9.53 Å². The largest absolute Gasteiger partial charge is 0.466 e. The number of rotatable bonds is 7. The number of methoxy groups -OCH3 is 1. The molecule has 1 atom stereocenters. The minimum absolute atomic E-state index is 0.282. The summed E-state index contributed by atoms with van der Waals surface area (Å²) in [6.45, 7) is 4.28. The van der Waals surface area contributed by atoms with Gasteiger partial charge in [-0.3, -0.25) is 4.90 Å². The Labute approximate surface area is 197 Å². The summed E-state index contributed by atoms with van der Waals surface area (Å²) in [6, 6.07) is 12.3. The van der Waals surface area contributed by atoms with Gasteiger partial charge in [0.05, 0.1) is 18.7 Å². The van der Waals surface area contributed by atoms with Gasteiger partial charge in [-0.25, -0.2) is 14.4 Å². The van der Waals surface area contributed by atoms with Crippen LogP contribution in [0.25, 0.3) is 0 Å². The Bertz CT molecular complexity index is 1090. The normalized spacial score (nSPS) is 15.7. The maximum Gasteiger partial charge on any atom is 0.337 e. The summed E-state index contributed by atoms with van der Waals surface area (Å²) >= 11 is 5.96. The summed E-state index contributed by atoms with van der Waals surface area (Å²) in [5.41, 5.74) is 2.60. The van der Waals surface area contributed by atoms with Crippen LogP contribution in [0, 0.1) is 0 Å². The van der Waals surface area contributed by atoms with Gasteiger partial charge in [-0.15, -0.1) is 0 Å². The number of anilines is 2. The van der Waals surface area contributed by atoms with E-state index in [1.165, 1.54) is 7.11 Å². The Balaban J connectivity index is 1.85. The van der Waals surface area contributed by atoms with Crippen LogP contribution < -0.4 is 16.0 Å². The first-order valence-corrected chi connectivity index (χ1v) is 11.0. The zero-order valence-corrected chi connectivity index (χ0v) is 19.5. The van der Waals surface area contributed by atoms with E-state index in [0.29, 0.717) is 39.8 Å². The fourth-order valence-corrected chi connectivity index (χ4v) is 3.84. The molecule has 1 heterocycles. The SMILES string of the molecule is CCCCN1C(=O)NC(c2cccc(NC(=O)Nc3cccc(Cl)c3)c2)C(C(=O)OC)=C1C. The number of carbonyl (C=O) groups excluding carboxylic acids is 3. The number of nitrogens with zero attached hydrogens (tertiary/aromatic N) is 1. The summed E-state index contributed by atoms with van der Waals surface area (Å²) in [7, 11) is 1.31. The molecule has 0 aliphatic carbocycles. The van der Waals surface area contributed by atoms with E-state index in [0.717, 1.165) is 12.8 Å². The van der Waals surface area contributed by atoms with E-state index in [4.69, 9.17) is 16.3 Å². The van der Waals surface area contributed by atoms with Gasteiger partial charge in [0.1, 0.15) is 0 Å². The number of ether oxygens (including phenoxy) is 1. The first-order valence-electron chi connectivity index (χ1n) is 10.6. The van der Waals surface area contributed by atoms with Gasteiger partial charge in [0, 0.05) is 28.6 Å². The van der Waals surface area contributed by atoms with Crippen LogP contribution in [0.15, 0.2) is 59.8 Å². The third-order valence-corrected chi connectivity index (χ3v) is 5.53. The van der Waals surface area contributed by atoms with Crippen LogP contribution in [0.3, 0.4) is 0 Å². The number of amides is 4. The van der Waals surface area contributed by atoms with Crippen molar-refractivity contribution in [3.63, 3.8) is 0 Å². The molecule has 1 aliphatic heterocycles. The smallest absolute Gasteiger partial charge is 0.337 e. The van der Waals surface area contributed by atoms with Crippen LogP contribution in [0.5, 0.6) is 0 Å². The molecule has 3 rings (SSSR count). The average molecular weight is 471 g/mol. The highest BCUT2D eigenvalue weighted by Gasteiger charge is 2.36. The van der Waals surface area contributed by atoms with Crippen LogP contribution in [0.1, 0.15) is 38.3 Å². The molecule has 2 aromatic rings. The average Bonchev–Trinajstić information content (AvgIpc) is 2.78. The molecule has 2 aromatic carbocycles. The Morgan fingerprint density at radius 1 is 1.12 bits per heavy atom. The molecule has 1 aliphatic rings. The number of allylic oxidation sites excluding steroid dienone is 1. The van der Waals surface area contributed by atoms with E-state index in [1.807, 2.05) is 6.92 Å². The van der Waals surface area contributed by atoms with Crippen molar-refractivity contribution in [3.05, 3.63) is 70.4 Å². The standard InChI is InChI=1S/C24H27ClN4O4/c1-4-5-12-29-15(2)20(22(30)33-3)21(28-24(29)32)16-8-6-10-18(13-16)26-23(31)27-19-11-7-9-17(25)14-19/h6-11,13-14,21H,4-5,12H2,1-3H3,(H,28,32)(H2,26,27,31). The number of hydrogen-bond donors (Lipinski definition) is 3. The van der Waals surface area contributed by atoms with Crippen molar-refractivity contribution in [1.29, 1.82) is 0 Å². The van der Waals surface area contributed by atoms with Gasteiger partial charge < -0.3 is 20.7 Å². The van der Waals surface area contributed by atoms with E-state index >= 15 is 0 Å². The highest BCUT2D eigenvalue weighted by Crippen LogP contribution is 2.32. The lowest BCUT2D eigenvalue weighted by Crippen LogP contribution is -2.48. The third-order valence-electron chi connectivity index (χ3n) is 5.30. The molecule has 3 N–H and O–H groups in total. The van der Waals surface area contributed by atoms with Crippen LogP contribution >= 0.6 is 11.6 Å². The summed E-state index contributed by atoms with van der Waals surface area (Å²) in [4.78, 5) is 39.4. The molecule has 33 heavy (non-hydrogen) atoms. The lowest BCUT2D eigenvalue weighted by molar-refractivity contribution is -0.136. The van der Waals surface area contributed by atoms with Crippen molar-refractivity contribution in [2.24, 2.45) is 0 Å². The number of carbonyl (C=O) groups is 3. The van der Waals surface area contributed by atoms with Crippen LogP contribution in [-0.4, -0.2) is 36.6 Å². The maximum atomic E-state index is 12.8. The molecule has 0 saturated heterocycles. The minimum atomic E-state index is -0.708. The number of esters is 1. The van der Waals surface area contributed by atoms with Gasteiger partial charge in [0.15, 0.2) is 0 Å². The zero-order valence-electron chi connectivity index (χ0n) is 18.8. The highest BCUT2D eigenvalue weighted by molar-refractivity contribution is 6.30. The number of hydrogen-bond acceptors (Lipinski definition) is 4. The summed E-state index contributed by atoms with van der Waals surface area (Å²) in [5.74, 6) is -0.518. The topological polar surface area (TPSA) is 99.8 Å². The summed E-state index contributed by atoms with van der Waals surface area (Å²) in [6.07, 6.45) is 1.73. The molecule has 0 radical (unpaired) electrons. The first kappa shape index (κ1) is 24.1.